The number of carbonyl (C=O) groups is 1. The molecule has 138 valence electrons. The van der Waals surface area contributed by atoms with Crippen molar-refractivity contribution in [2.45, 2.75) is 44.0 Å². The third kappa shape index (κ3) is 4.71. The summed E-state index contributed by atoms with van der Waals surface area (Å²) in [5.41, 5.74) is 0.896. The molecule has 5 atom stereocenters. The number of fused-ring (bicyclic) bond motifs is 2. The molecule has 3 rings (SSSR count). The number of aliphatic hydroxyl groups is 1. The normalized spacial score (nSPS) is 29.3. The molecule has 2 N–H and O–H groups in total. The van der Waals surface area contributed by atoms with Crippen molar-refractivity contribution in [1.82, 2.24) is 0 Å². The Labute approximate surface area is 154 Å². The largest absolute Gasteiger partial charge is 0.481 e. The van der Waals surface area contributed by atoms with Crippen LogP contribution in [0.3, 0.4) is 0 Å². The first-order valence-corrected chi connectivity index (χ1v) is 9.25. The van der Waals surface area contributed by atoms with Gasteiger partial charge in [-0.25, -0.2) is 0 Å². The van der Waals surface area contributed by atoms with Crippen LogP contribution in [0.25, 0.3) is 0 Å². The van der Waals surface area contributed by atoms with Gasteiger partial charge in [0.25, 0.3) is 0 Å². The molecule has 0 saturated carbocycles. The van der Waals surface area contributed by atoms with Gasteiger partial charge in [0.1, 0.15) is 0 Å². The summed E-state index contributed by atoms with van der Waals surface area (Å²) in [5, 5.41) is 19.0. The van der Waals surface area contributed by atoms with E-state index in [4.69, 9.17) is 9.84 Å². The van der Waals surface area contributed by atoms with Gasteiger partial charge < -0.3 is 14.9 Å². The fourth-order valence-corrected chi connectivity index (χ4v) is 3.94. The minimum Gasteiger partial charge on any atom is -0.481 e. The first-order valence-electron chi connectivity index (χ1n) is 9.25. The fraction of sp³-hybridized carbons (Fsp3) is 0.409. The van der Waals surface area contributed by atoms with E-state index in [1.807, 2.05) is 42.5 Å². The number of carboxylic acids is 1. The Balaban J connectivity index is 1.58. The second-order valence-electron chi connectivity index (χ2n) is 6.96. The smallest absolute Gasteiger partial charge is 0.307 e. The number of hydrogen-bond acceptors (Lipinski definition) is 3. The maximum absolute atomic E-state index is 10.5. The highest BCUT2D eigenvalue weighted by molar-refractivity contribution is 5.68. The van der Waals surface area contributed by atoms with E-state index in [2.05, 4.69) is 12.2 Å². The van der Waals surface area contributed by atoms with Gasteiger partial charge in [-0.15, -0.1) is 0 Å². The zero-order valence-electron chi connectivity index (χ0n) is 14.8. The fourth-order valence-electron chi connectivity index (χ4n) is 3.94. The number of hydrogen-bond donors (Lipinski definition) is 2. The van der Waals surface area contributed by atoms with Gasteiger partial charge in [-0.1, -0.05) is 66.8 Å². The number of aliphatic hydroxyl groups excluding tert-OH is 1. The van der Waals surface area contributed by atoms with Crippen molar-refractivity contribution in [3.63, 3.8) is 0 Å². The Hall–Kier alpha value is -2.17. The van der Waals surface area contributed by atoms with Crippen molar-refractivity contribution in [3.8, 4) is 0 Å². The maximum Gasteiger partial charge on any atom is 0.307 e. The molecular weight excluding hydrogens is 328 g/mol. The molecule has 1 aromatic carbocycles. The number of allylic oxidation sites excluding steroid dienone is 3. The SMILES string of the molecule is O=C(O)CC=C/C=C\C[C@H]1[C@@H](/C=C/C(O)c2ccccc2)[C@H]2CC[C@@H]1O2. The molecule has 4 heteroatoms. The van der Waals surface area contributed by atoms with Crippen LogP contribution in [-0.2, 0) is 9.53 Å². The molecule has 0 aliphatic carbocycles. The lowest BCUT2D eigenvalue weighted by Gasteiger charge is -2.24. The van der Waals surface area contributed by atoms with Crippen LogP contribution in [0.15, 0.2) is 66.8 Å². The average molecular weight is 354 g/mol. The van der Waals surface area contributed by atoms with Gasteiger partial charge >= 0.3 is 5.97 Å². The lowest BCUT2D eigenvalue weighted by atomic mass is 9.77. The highest BCUT2D eigenvalue weighted by Gasteiger charge is 2.46. The van der Waals surface area contributed by atoms with Crippen molar-refractivity contribution < 1.29 is 19.7 Å². The van der Waals surface area contributed by atoms with Gasteiger partial charge in [-0.05, 0) is 30.7 Å². The van der Waals surface area contributed by atoms with E-state index in [9.17, 15) is 9.90 Å². The zero-order valence-corrected chi connectivity index (χ0v) is 14.8. The molecule has 1 aromatic rings. The van der Waals surface area contributed by atoms with Crippen LogP contribution in [0.4, 0.5) is 0 Å². The van der Waals surface area contributed by atoms with Gasteiger partial charge in [0.2, 0.25) is 0 Å². The van der Waals surface area contributed by atoms with Crippen molar-refractivity contribution in [1.29, 1.82) is 0 Å². The molecule has 0 spiro atoms. The van der Waals surface area contributed by atoms with E-state index >= 15 is 0 Å². The summed E-state index contributed by atoms with van der Waals surface area (Å²) in [4.78, 5) is 10.5. The Morgan fingerprint density at radius 2 is 1.88 bits per heavy atom. The second-order valence-corrected chi connectivity index (χ2v) is 6.96. The van der Waals surface area contributed by atoms with Crippen molar-refractivity contribution >= 4 is 5.97 Å². The second kappa shape index (κ2) is 8.97. The highest BCUT2D eigenvalue weighted by Crippen LogP contribution is 2.46. The van der Waals surface area contributed by atoms with Crippen molar-refractivity contribution in [3.05, 3.63) is 72.4 Å². The van der Waals surface area contributed by atoms with Crippen molar-refractivity contribution in [2.24, 2.45) is 11.8 Å². The molecule has 4 nitrogen and oxygen atoms in total. The predicted octanol–water partition coefficient (Wildman–Crippen LogP) is 4.05. The molecule has 1 unspecified atom stereocenters. The van der Waals surface area contributed by atoms with Crippen LogP contribution in [0, 0.1) is 11.8 Å². The monoisotopic (exact) mass is 354 g/mol. The minimum absolute atomic E-state index is 0.0459. The third-order valence-corrected chi connectivity index (χ3v) is 5.23. The number of benzene rings is 1. The Morgan fingerprint density at radius 3 is 2.65 bits per heavy atom. The van der Waals surface area contributed by atoms with Gasteiger partial charge in [-0.3, -0.25) is 4.79 Å². The molecule has 0 radical (unpaired) electrons. The molecule has 2 aliphatic rings. The van der Waals surface area contributed by atoms with Gasteiger partial charge in [0.05, 0.1) is 24.7 Å². The summed E-state index contributed by atoms with van der Waals surface area (Å²) in [6, 6.07) is 9.65. The summed E-state index contributed by atoms with van der Waals surface area (Å²) in [7, 11) is 0. The lowest BCUT2D eigenvalue weighted by Crippen LogP contribution is -2.25. The lowest BCUT2D eigenvalue weighted by molar-refractivity contribution is -0.136. The number of ether oxygens (including phenoxy) is 1. The molecule has 0 amide bonds. The Morgan fingerprint density at radius 1 is 1.15 bits per heavy atom. The van der Waals surface area contributed by atoms with Gasteiger partial charge in [-0.2, -0.15) is 0 Å². The van der Waals surface area contributed by atoms with E-state index < -0.39 is 12.1 Å². The van der Waals surface area contributed by atoms with Crippen LogP contribution in [0.5, 0.6) is 0 Å². The van der Waals surface area contributed by atoms with Gasteiger partial charge in [0.15, 0.2) is 0 Å². The summed E-state index contributed by atoms with van der Waals surface area (Å²) in [6.07, 6.45) is 14.5. The standard InChI is InChI=1S/C22H26O4/c23-19(16-8-4-3-5-9-16)13-12-18-17(20-14-15-21(18)26-20)10-6-1-2-7-11-22(24)25/h1-9,12-13,17-21,23H,10-11,14-15H2,(H,24,25)/b6-1-,7-2?,13-12+/t17-,18+,19?,20-,21+/m0/s1. The summed E-state index contributed by atoms with van der Waals surface area (Å²) in [5.74, 6) is -0.0878. The summed E-state index contributed by atoms with van der Waals surface area (Å²) in [6.45, 7) is 0. The number of rotatable bonds is 8. The summed E-state index contributed by atoms with van der Waals surface area (Å²) < 4.78 is 6.08. The number of carboxylic acid groups (broad SMARTS) is 1. The molecule has 2 saturated heterocycles. The number of aliphatic carboxylic acids is 1. The van der Waals surface area contributed by atoms with Crippen LogP contribution in [0.1, 0.15) is 37.4 Å². The van der Waals surface area contributed by atoms with Crippen molar-refractivity contribution in [2.75, 3.05) is 0 Å². The van der Waals surface area contributed by atoms with Crippen LogP contribution in [-0.4, -0.2) is 28.4 Å². The Kier molecular flexibility index (Phi) is 6.42. The molecule has 2 bridgehead atoms. The topological polar surface area (TPSA) is 66.8 Å². The molecule has 2 fully saturated rings. The van der Waals surface area contributed by atoms with E-state index in [-0.39, 0.29) is 18.6 Å². The van der Waals surface area contributed by atoms with E-state index in [1.54, 1.807) is 12.2 Å². The quantitative estimate of drug-likeness (QED) is 0.546. The van der Waals surface area contributed by atoms with Crippen LogP contribution < -0.4 is 0 Å². The first-order chi connectivity index (χ1) is 12.6. The molecule has 2 heterocycles. The summed E-state index contributed by atoms with van der Waals surface area (Å²) >= 11 is 0. The maximum atomic E-state index is 10.5. The first kappa shape index (κ1) is 18.6. The van der Waals surface area contributed by atoms with E-state index in [0.29, 0.717) is 11.8 Å². The molecular formula is C22H26O4. The van der Waals surface area contributed by atoms with Crippen LogP contribution >= 0.6 is 0 Å². The van der Waals surface area contributed by atoms with E-state index in [0.717, 1.165) is 24.8 Å². The molecule has 26 heavy (non-hydrogen) atoms. The highest BCUT2D eigenvalue weighted by atomic mass is 16.5. The molecule has 2 aliphatic heterocycles. The Bertz CT molecular complexity index is 677. The molecule has 0 aromatic heterocycles. The third-order valence-electron chi connectivity index (χ3n) is 5.23. The van der Waals surface area contributed by atoms with E-state index in [1.165, 1.54) is 0 Å². The predicted molar refractivity (Wildman–Crippen MR) is 101 cm³/mol. The minimum atomic E-state index is -0.821. The van der Waals surface area contributed by atoms with Crippen LogP contribution in [0.2, 0.25) is 0 Å². The van der Waals surface area contributed by atoms with Gasteiger partial charge in [0, 0.05) is 5.92 Å². The average Bonchev–Trinajstić information content (AvgIpc) is 3.24. The zero-order chi connectivity index (χ0) is 18.4.